The summed E-state index contributed by atoms with van der Waals surface area (Å²) in [5.74, 6) is 0.221. The first-order valence-corrected chi connectivity index (χ1v) is 9.82. The number of benzene rings is 2. The Labute approximate surface area is 162 Å². The van der Waals surface area contributed by atoms with E-state index in [1.165, 1.54) is 11.3 Å². The molecule has 1 aliphatic heterocycles. The fourth-order valence-corrected chi connectivity index (χ4v) is 3.85. The maximum absolute atomic E-state index is 12.2. The van der Waals surface area contributed by atoms with E-state index >= 15 is 0 Å². The van der Waals surface area contributed by atoms with Crippen LogP contribution >= 0.6 is 0 Å². The summed E-state index contributed by atoms with van der Waals surface area (Å²) in [5.41, 5.74) is 4.39. The molecule has 0 aromatic heterocycles. The van der Waals surface area contributed by atoms with E-state index in [9.17, 15) is 4.79 Å². The number of hydrogen-bond acceptors (Lipinski definition) is 4. The molecule has 1 unspecified atom stereocenters. The number of hydrogen-bond donors (Lipinski definition) is 0. The minimum atomic E-state index is 0.102. The molecular formula is C23H30N2O2. The molecule has 0 N–H and O–H groups in total. The third-order valence-electron chi connectivity index (χ3n) is 5.52. The lowest BCUT2D eigenvalue weighted by Crippen LogP contribution is -2.48. The first-order valence-electron chi connectivity index (χ1n) is 9.82. The normalized spacial score (nSPS) is 16.3. The fourth-order valence-electron chi connectivity index (χ4n) is 3.85. The van der Waals surface area contributed by atoms with Gasteiger partial charge in [-0.3, -0.25) is 9.69 Å². The first-order chi connectivity index (χ1) is 13.1. The lowest BCUT2D eigenvalue weighted by molar-refractivity contribution is 0.0615. The van der Waals surface area contributed by atoms with Crippen LogP contribution in [0.15, 0.2) is 48.5 Å². The number of methoxy groups -OCH3 is 1. The Morgan fingerprint density at radius 3 is 2.37 bits per heavy atom. The molecule has 4 nitrogen and oxygen atoms in total. The molecule has 0 spiro atoms. The molecule has 2 aromatic carbocycles. The van der Waals surface area contributed by atoms with Gasteiger partial charge in [0.25, 0.3) is 0 Å². The SMILES string of the molecule is CCC(=O)c1cccc(N2CCN(CC(OC)c3ccccc3)CC2)c1C. The molecule has 0 aliphatic carbocycles. The number of carbonyl (C=O) groups is 1. The van der Waals surface area contributed by atoms with Gasteiger partial charge in [0.2, 0.25) is 0 Å². The number of piperazine rings is 1. The van der Waals surface area contributed by atoms with Crippen LogP contribution in [-0.4, -0.2) is 50.5 Å². The van der Waals surface area contributed by atoms with Crippen LogP contribution in [0, 0.1) is 6.92 Å². The van der Waals surface area contributed by atoms with E-state index in [4.69, 9.17) is 4.74 Å². The molecule has 144 valence electrons. The summed E-state index contributed by atoms with van der Waals surface area (Å²) in [6, 6.07) is 16.5. The number of ketones is 1. The highest BCUT2D eigenvalue weighted by molar-refractivity contribution is 5.98. The average molecular weight is 367 g/mol. The minimum absolute atomic E-state index is 0.102. The van der Waals surface area contributed by atoms with Crippen LogP contribution in [0.25, 0.3) is 0 Å². The van der Waals surface area contributed by atoms with Crippen molar-refractivity contribution in [1.82, 2.24) is 4.90 Å². The number of ether oxygens (including phenoxy) is 1. The van der Waals surface area contributed by atoms with Gasteiger partial charge < -0.3 is 9.64 Å². The lowest BCUT2D eigenvalue weighted by atomic mass is 10.0. The molecule has 0 saturated carbocycles. The summed E-state index contributed by atoms with van der Waals surface area (Å²) in [5, 5.41) is 0. The zero-order chi connectivity index (χ0) is 19.2. The Hall–Kier alpha value is -2.17. The van der Waals surface area contributed by atoms with Crippen LogP contribution < -0.4 is 4.90 Å². The molecule has 2 aromatic rings. The standard InChI is InChI=1S/C23H30N2O2/c1-4-22(26)20-11-8-12-21(18(20)2)25-15-13-24(14-16-25)17-23(27-3)19-9-6-5-7-10-19/h5-12,23H,4,13-17H2,1-3H3. The topological polar surface area (TPSA) is 32.8 Å². The molecule has 0 radical (unpaired) electrons. The van der Waals surface area contributed by atoms with Crippen LogP contribution in [0.3, 0.4) is 0 Å². The van der Waals surface area contributed by atoms with Crippen LogP contribution in [0.2, 0.25) is 0 Å². The predicted molar refractivity (Wildman–Crippen MR) is 111 cm³/mol. The number of rotatable bonds is 7. The highest BCUT2D eigenvalue weighted by Crippen LogP contribution is 2.26. The van der Waals surface area contributed by atoms with E-state index in [1.807, 2.05) is 25.1 Å². The summed E-state index contributed by atoms with van der Waals surface area (Å²) in [6.07, 6.45) is 0.653. The highest BCUT2D eigenvalue weighted by Gasteiger charge is 2.23. The zero-order valence-corrected chi connectivity index (χ0v) is 16.6. The molecule has 0 amide bonds. The number of Topliss-reactive ketones (excluding diaryl/α,β-unsaturated/α-hetero) is 1. The van der Waals surface area contributed by atoms with Crippen molar-refractivity contribution >= 4 is 11.5 Å². The van der Waals surface area contributed by atoms with Gasteiger partial charge in [0.15, 0.2) is 5.78 Å². The number of nitrogens with zero attached hydrogens (tertiary/aromatic N) is 2. The molecule has 1 atom stereocenters. The second-order valence-corrected chi connectivity index (χ2v) is 7.15. The van der Waals surface area contributed by atoms with Crippen LogP contribution in [0.1, 0.15) is 40.9 Å². The summed E-state index contributed by atoms with van der Waals surface area (Å²) < 4.78 is 5.73. The van der Waals surface area contributed by atoms with Gasteiger partial charge in [0, 0.05) is 57.5 Å². The molecule has 27 heavy (non-hydrogen) atoms. The highest BCUT2D eigenvalue weighted by atomic mass is 16.5. The summed E-state index contributed by atoms with van der Waals surface area (Å²) in [4.78, 5) is 17.0. The number of anilines is 1. The van der Waals surface area contributed by atoms with Crippen LogP contribution in [0.5, 0.6) is 0 Å². The van der Waals surface area contributed by atoms with E-state index < -0.39 is 0 Å². The Balaban J connectivity index is 1.63. The second kappa shape index (κ2) is 9.16. The zero-order valence-electron chi connectivity index (χ0n) is 16.6. The average Bonchev–Trinajstić information content (AvgIpc) is 2.73. The molecule has 4 heteroatoms. The first kappa shape index (κ1) is 19.6. The molecule has 1 saturated heterocycles. The van der Waals surface area contributed by atoms with Gasteiger partial charge in [-0.05, 0) is 24.1 Å². The molecule has 1 heterocycles. The number of carbonyl (C=O) groups excluding carboxylic acids is 1. The summed E-state index contributed by atoms with van der Waals surface area (Å²) in [6.45, 7) is 8.83. The molecule has 1 fully saturated rings. The quantitative estimate of drug-likeness (QED) is 0.691. The van der Waals surface area contributed by atoms with Crippen molar-refractivity contribution in [2.75, 3.05) is 44.7 Å². The van der Waals surface area contributed by atoms with Gasteiger partial charge in [0.05, 0.1) is 6.10 Å². The van der Waals surface area contributed by atoms with Gasteiger partial charge in [-0.15, -0.1) is 0 Å². The second-order valence-electron chi connectivity index (χ2n) is 7.15. The van der Waals surface area contributed by atoms with Gasteiger partial charge in [-0.2, -0.15) is 0 Å². The van der Waals surface area contributed by atoms with Gasteiger partial charge in [-0.1, -0.05) is 49.4 Å². The maximum atomic E-state index is 12.2. The van der Waals surface area contributed by atoms with Crippen molar-refractivity contribution in [3.05, 3.63) is 65.2 Å². The molecule has 1 aliphatic rings. The van der Waals surface area contributed by atoms with Crippen LogP contribution in [0.4, 0.5) is 5.69 Å². The van der Waals surface area contributed by atoms with E-state index in [0.717, 1.165) is 43.9 Å². The summed E-state index contributed by atoms with van der Waals surface area (Å²) >= 11 is 0. The fraction of sp³-hybridized carbons (Fsp3) is 0.435. The van der Waals surface area contributed by atoms with Crippen molar-refractivity contribution in [3.8, 4) is 0 Å². The third-order valence-corrected chi connectivity index (χ3v) is 5.52. The van der Waals surface area contributed by atoms with E-state index in [0.29, 0.717) is 6.42 Å². The Kier molecular flexibility index (Phi) is 6.64. The van der Waals surface area contributed by atoms with Crippen molar-refractivity contribution in [1.29, 1.82) is 0 Å². The maximum Gasteiger partial charge on any atom is 0.162 e. The van der Waals surface area contributed by atoms with Crippen molar-refractivity contribution < 1.29 is 9.53 Å². The minimum Gasteiger partial charge on any atom is -0.375 e. The predicted octanol–water partition coefficient (Wildman–Crippen LogP) is 4.10. The Morgan fingerprint density at radius 2 is 1.74 bits per heavy atom. The molecule has 3 rings (SSSR count). The molecular weight excluding hydrogens is 336 g/mol. The van der Waals surface area contributed by atoms with Crippen molar-refractivity contribution in [2.45, 2.75) is 26.4 Å². The largest absolute Gasteiger partial charge is 0.375 e. The van der Waals surface area contributed by atoms with Gasteiger partial charge in [0.1, 0.15) is 0 Å². The van der Waals surface area contributed by atoms with Crippen molar-refractivity contribution in [3.63, 3.8) is 0 Å². The van der Waals surface area contributed by atoms with Gasteiger partial charge >= 0.3 is 0 Å². The Morgan fingerprint density at radius 1 is 1.04 bits per heavy atom. The van der Waals surface area contributed by atoms with E-state index in [-0.39, 0.29) is 11.9 Å². The van der Waals surface area contributed by atoms with Crippen molar-refractivity contribution in [2.24, 2.45) is 0 Å². The monoisotopic (exact) mass is 366 g/mol. The smallest absolute Gasteiger partial charge is 0.162 e. The molecule has 0 bridgehead atoms. The Bertz CT molecular complexity index is 752. The lowest BCUT2D eigenvalue weighted by Gasteiger charge is -2.38. The van der Waals surface area contributed by atoms with E-state index in [2.05, 4.69) is 47.1 Å². The van der Waals surface area contributed by atoms with Crippen LogP contribution in [-0.2, 0) is 4.74 Å². The third kappa shape index (κ3) is 4.57. The van der Waals surface area contributed by atoms with Gasteiger partial charge in [-0.25, -0.2) is 0 Å². The van der Waals surface area contributed by atoms with E-state index in [1.54, 1.807) is 7.11 Å². The summed E-state index contributed by atoms with van der Waals surface area (Å²) in [7, 11) is 1.79.